The Morgan fingerprint density at radius 1 is 1.35 bits per heavy atom. The van der Waals surface area contributed by atoms with Gasteiger partial charge in [0.25, 0.3) is 5.91 Å². The van der Waals surface area contributed by atoms with Gasteiger partial charge in [-0.3, -0.25) is 14.0 Å². The van der Waals surface area contributed by atoms with E-state index in [0.717, 1.165) is 4.47 Å². The number of hydrogen-bond acceptors (Lipinski definition) is 4. The molecular weight excluding hydrogens is 364 g/mol. The molecule has 0 bridgehead atoms. The van der Waals surface area contributed by atoms with Crippen molar-refractivity contribution in [2.75, 3.05) is 32.8 Å². The highest BCUT2D eigenvalue weighted by molar-refractivity contribution is 9.10. The summed E-state index contributed by atoms with van der Waals surface area (Å²) >= 11 is 3.39. The summed E-state index contributed by atoms with van der Waals surface area (Å²) in [6.07, 6.45) is 1.79. The number of aryl methyl sites for hydroxylation is 1. The highest BCUT2D eigenvalue weighted by Crippen LogP contribution is 2.16. The van der Waals surface area contributed by atoms with E-state index in [-0.39, 0.29) is 18.4 Å². The van der Waals surface area contributed by atoms with E-state index in [1.807, 2.05) is 12.1 Å². The van der Waals surface area contributed by atoms with Gasteiger partial charge in [0.15, 0.2) is 0 Å². The van der Waals surface area contributed by atoms with Gasteiger partial charge in [-0.25, -0.2) is 4.98 Å². The number of nitrogens with one attached hydrogen (secondary N) is 1. The third-order valence-corrected chi connectivity index (χ3v) is 4.20. The smallest absolute Gasteiger partial charge is 0.270 e. The maximum atomic E-state index is 12.5. The topological polar surface area (TPSA) is 75.9 Å². The normalized spacial score (nSPS) is 15.0. The van der Waals surface area contributed by atoms with Gasteiger partial charge in [-0.2, -0.15) is 0 Å². The predicted octanol–water partition coefficient (Wildman–Crippen LogP) is 0.994. The van der Waals surface area contributed by atoms with E-state index in [1.54, 1.807) is 22.4 Å². The second-order valence-electron chi connectivity index (χ2n) is 5.30. The van der Waals surface area contributed by atoms with Crippen molar-refractivity contribution in [3.63, 3.8) is 0 Å². The Morgan fingerprint density at radius 2 is 2.09 bits per heavy atom. The first kappa shape index (κ1) is 15.9. The molecule has 1 fully saturated rings. The minimum Gasteiger partial charge on any atom is -0.378 e. The summed E-state index contributed by atoms with van der Waals surface area (Å²) in [6.45, 7) is 3.96. The Morgan fingerprint density at radius 3 is 2.83 bits per heavy atom. The molecule has 2 aromatic heterocycles. The molecule has 2 amide bonds. The lowest BCUT2D eigenvalue weighted by Crippen LogP contribution is -2.45. The monoisotopic (exact) mass is 380 g/mol. The van der Waals surface area contributed by atoms with Crippen LogP contribution in [0.15, 0.2) is 22.8 Å². The van der Waals surface area contributed by atoms with E-state index in [1.165, 1.54) is 0 Å². The third-order valence-electron chi connectivity index (χ3n) is 3.74. The number of nitrogens with zero attached hydrogens (tertiary/aromatic N) is 3. The molecule has 0 unspecified atom stereocenters. The fraction of sp³-hybridized carbons (Fsp3) is 0.400. The van der Waals surface area contributed by atoms with E-state index in [4.69, 9.17) is 4.74 Å². The minimum atomic E-state index is -0.310. The van der Waals surface area contributed by atoms with Crippen LogP contribution in [0.5, 0.6) is 0 Å². The summed E-state index contributed by atoms with van der Waals surface area (Å²) < 4.78 is 7.78. The van der Waals surface area contributed by atoms with Gasteiger partial charge < -0.3 is 15.0 Å². The summed E-state index contributed by atoms with van der Waals surface area (Å²) in [4.78, 5) is 30.6. The lowest BCUT2D eigenvalue weighted by molar-refractivity contribution is -0.134. The van der Waals surface area contributed by atoms with Crippen LogP contribution in [-0.2, 0) is 9.53 Å². The molecule has 3 heterocycles. The highest BCUT2D eigenvalue weighted by atomic mass is 79.9. The number of halogens is 1. The standard InChI is InChI=1S/C15H17BrN4O3/c1-10-14(20-9-11(16)2-3-12(20)18-10)15(22)17-8-13(21)19-4-6-23-7-5-19/h2-3,9H,4-8H2,1H3,(H,17,22). The molecule has 1 aliphatic heterocycles. The zero-order valence-electron chi connectivity index (χ0n) is 12.7. The lowest BCUT2D eigenvalue weighted by atomic mass is 10.3. The number of pyridine rings is 1. The Labute approximate surface area is 141 Å². The van der Waals surface area contributed by atoms with Gasteiger partial charge in [0, 0.05) is 23.8 Å². The molecule has 7 nitrogen and oxygen atoms in total. The molecule has 0 aromatic carbocycles. The second-order valence-corrected chi connectivity index (χ2v) is 6.21. The maximum absolute atomic E-state index is 12.5. The Kier molecular flexibility index (Phi) is 4.63. The minimum absolute atomic E-state index is 0.0283. The fourth-order valence-electron chi connectivity index (χ4n) is 2.57. The number of rotatable bonds is 3. The average Bonchev–Trinajstić information content (AvgIpc) is 2.88. The van der Waals surface area contributed by atoms with Crippen LogP contribution < -0.4 is 5.32 Å². The first-order valence-electron chi connectivity index (χ1n) is 7.34. The van der Waals surface area contributed by atoms with Crippen LogP contribution >= 0.6 is 15.9 Å². The Bertz CT molecular complexity index is 753. The molecule has 8 heteroatoms. The third kappa shape index (κ3) is 3.37. The van der Waals surface area contributed by atoms with Crippen LogP contribution in [-0.4, -0.2) is 58.9 Å². The molecule has 0 aliphatic carbocycles. The first-order chi connectivity index (χ1) is 11.1. The molecule has 0 radical (unpaired) electrons. The average molecular weight is 381 g/mol. The summed E-state index contributed by atoms with van der Waals surface area (Å²) in [6, 6.07) is 3.69. The van der Waals surface area contributed by atoms with E-state index in [9.17, 15) is 9.59 Å². The zero-order valence-corrected chi connectivity index (χ0v) is 14.3. The zero-order chi connectivity index (χ0) is 16.4. The van der Waals surface area contributed by atoms with Crippen molar-refractivity contribution < 1.29 is 14.3 Å². The summed E-state index contributed by atoms with van der Waals surface area (Å²) in [5, 5.41) is 2.69. The number of ether oxygens (including phenoxy) is 1. The Hall–Kier alpha value is -1.93. The van der Waals surface area contributed by atoms with Crippen LogP contribution in [0.4, 0.5) is 0 Å². The molecule has 1 aliphatic rings. The summed E-state index contributed by atoms with van der Waals surface area (Å²) in [5.74, 6) is -0.413. The van der Waals surface area contributed by atoms with Gasteiger partial charge >= 0.3 is 0 Å². The second kappa shape index (κ2) is 6.67. The first-order valence-corrected chi connectivity index (χ1v) is 8.13. The van der Waals surface area contributed by atoms with Crippen molar-refractivity contribution in [2.24, 2.45) is 0 Å². The van der Waals surface area contributed by atoms with Crippen molar-refractivity contribution >= 4 is 33.4 Å². The van der Waals surface area contributed by atoms with Gasteiger partial charge in [-0.15, -0.1) is 0 Å². The Balaban J connectivity index is 1.72. The van der Waals surface area contributed by atoms with E-state index in [0.29, 0.717) is 43.3 Å². The van der Waals surface area contributed by atoms with Gasteiger partial charge in [0.05, 0.1) is 25.5 Å². The number of amides is 2. The summed E-state index contributed by atoms with van der Waals surface area (Å²) in [5.41, 5.74) is 1.76. The number of morpholine rings is 1. The van der Waals surface area contributed by atoms with E-state index >= 15 is 0 Å². The van der Waals surface area contributed by atoms with Crippen molar-refractivity contribution in [1.29, 1.82) is 0 Å². The SMILES string of the molecule is Cc1nc2ccc(Br)cn2c1C(=O)NCC(=O)N1CCOCC1. The predicted molar refractivity (Wildman–Crippen MR) is 87.4 cm³/mol. The van der Waals surface area contributed by atoms with E-state index < -0.39 is 0 Å². The number of aromatic nitrogens is 2. The van der Waals surface area contributed by atoms with E-state index in [2.05, 4.69) is 26.2 Å². The molecule has 0 spiro atoms. The van der Waals surface area contributed by atoms with Crippen LogP contribution in [0.1, 0.15) is 16.2 Å². The van der Waals surface area contributed by atoms with Crippen molar-refractivity contribution in [1.82, 2.24) is 19.6 Å². The lowest BCUT2D eigenvalue weighted by Gasteiger charge is -2.26. The molecule has 2 aromatic rings. The van der Waals surface area contributed by atoms with Gasteiger partial charge in [-0.1, -0.05) is 0 Å². The molecule has 3 rings (SSSR count). The van der Waals surface area contributed by atoms with Crippen LogP contribution in [0, 0.1) is 6.92 Å². The van der Waals surface area contributed by atoms with Crippen LogP contribution in [0.2, 0.25) is 0 Å². The molecule has 122 valence electrons. The van der Waals surface area contributed by atoms with Crippen LogP contribution in [0.25, 0.3) is 5.65 Å². The number of carbonyl (C=O) groups excluding carboxylic acids is 2. The summed E-state index contributed by atoms with van der Waals surface area (Å²) in [7, 11) is 0. The molecule has 1 saturated heterocycles. The number of imidazole rings is 1. The van der Waals surface area contributed by atoms with Gasteiger partial charge in [0.2, 0.25) is 5.91 Å². The molecule has 0 atom stereocenters. The quantitative estimate of drug-likeness (QED) is 0.861. The molecule has 23 heavy (non-hydrogen) atoms. The largest absolute Gasteiger partial charge is 0.378 e. The molecular formula is C15H17BrN4O3. The maximum Gasteiger partial charge on any atom is 0.270 e. The fourth-order valence-corrected chi connectivity index (χ4v) is 2.91. The highest BCUT2D eigenvalue weighted by Gasteiger charge is 2.20. The number of carbonyl (C=O) groups is 2. The number of hydrogen-bond donors (Lipinski definition) is 1. The van der Waals surface area contributed by atoms with Crippen molar-refractivity contribution in [2.45, 2.75) is 6.92 Å². The van der Waals surface area contributed by atoms with Crippen molar-refractivity contribution in [3.05, 3.63) is 34.2 Å². The number of fused-ring (bicyclic) bond motifs is 1. The van der Waals surface area contributed by atoms with Gasteiger partial charge in [-0.05, 0) is 35.0 Å². The van der Waals surface area contributed by atoms with Gasteiger partial charge in [0.1, 0.15) is 11.3 Å². The van der Waals surface area contributed by atoms with Crippen molar-refractivity contribution in [3.8, 4) is 0 Å². The molecule has 1 N–H and O–H groups in total. The molecule has 0 saturated carbocycles. The van der Waals surface area contributed by atoms with Crippen LogP contribution in [0.3, 0.4) is 0 Å².